The highest BCUT2D eigenvalue weighted by Gasteiger charge is 2.15. The number of ether oxygens (including phenoxy) is 1. The van der Waals surface area contributed by atoms with Gasteiger partial charge in [-0.05, 0) is 32.9 Å². The summed E-state index contributed by atoms with van der Waals surface area (Å²) < 4.78 is 5.51. The van der Waals surface area contributed by atoms with Gasteiger partial charge in [0.2, 0.25) is 0 Å². The number of carbonyl (C=O) groups excluding carboxylic acids is 1. The predicted octanol–water partition coefficient (Wildman–Crippen LogP) is 2.04. The van der Waals surface area contributed by atoms with Crippen molar-refractivity contribution in [2.45, 2.75) is 33.3 Å². The lowest BCUT2D eigenvalue weighted by Crippen LogP contribution is -2.16. The zero-order valence-corrected chi connectivity index (χ0v) is 10.6. The first-order chi connectivity index (χ1) is 8.04. The molecule has 0 aromatic carbocycles. The molecule has 17 heavy (non-hydrogen) atoms. The summed E-state index contributed by atoms with van der Waals surface area (Å²) in [7, 11) is 0. The van der Waals surface area contributed by atoms with Gasteiger partial charge < -0.3 is 10.5 Å². The molecule has 0 aliphatic heterocycles. The molecule has 2 N–H and O–H groups in total. The summed E-state index contributed by atoms with van der Waals surface area (Å²) in [5.41, 5.74) is 6.04. The van der Waals surface area contributed by atoms with Crippen LogP contribution in [-0.2, 0) is 0 Å². The number of nitrogens with zero attached hydrogens (tertiary/aromatic N) is 1. The van der Waals surface area contributed by atoms with Crippen molar-refractivity contribution in [1.82, 2.24) is 4.98 Å². The maximum Gasteiger partial charge on any atom is 0.167 e. The Hall–Kier alpha value is -1.42. The largest absolute Gasteiger partial charge is 0.489 e. The molecule has 4 heteroatoms. The molecule has 1 heterocycles. The van der Waals surface area contributed by atoms with E-state index in [1.54, 1.807) is 18.5 Å². The van der Waals surface area contributed by atoms with Gasteiger partial charge in [0.15, 0.2) is 5.78 Å². The van der Waals surface area contributed by atoms with Gasteiger partial charge in [-0.3, -0.25) is 9.78 Å². The zero-order valence-electron chi connectivity index (χ0n) is 10.6. The molecule has 1 aromatic rings. The Labute approximate surface area is 102 Å². The fourth-order valence-electron chi connectivity index (χ4n) is 1.56. The SMILES string of the molecule is CC(C)Oc1cncc(C(=O)C(C)CCN)c1. The third-order valence-corrected chi connectivity index (χ3v) is 2.42. The van der Waals surface area contributed by atoms with Crippen molar-refractivity contribution in [3.63, 3.8) is 0 Å². The highest BCUT2D eigenvalue weighted by molar-refractivity contribution is 5.97. The van der Waals surface area contributed by atoms with Gasteiger partial charge in [-0.25, -0.2) is 0 Å². The Morgan fingerprint density at radius 2 is 2.12 bits per heavy atom. The fourth-order valence-corrected chi connectivity index (χ4v) is 1.56. The maximum absolute atomic E-state index is 12.0. The Morgan fingerprint density at radius 1 is 1.41 bits per heavy atom. The van der Waals surface area contributed by atoms with Crippen molar-refractivity contribution in [2.75, 3.05) is 6.54 Å². The lowest BCUT2D eigenvalue weighted by atomic mass is 9.97. The quantitative estimate of drug-likeness (QED) is 0.767. The lowest BCUT2D eigenvalue weighted by Gasteiger charge is -2.12. The number of rotatable bonds is 6. The van der Waals surface area contributed by atoms with Crippen molar-refractivity contribution in [1.29, 1.82) is 0 Å². The number of hydrogen-bond donors (Lipinski definition) is 1. The van der Waals surface area contributed by atoms with Crippen LogP contribution in [0.3, 0.4) is 0 Å². The Balaban J connectivity index is 2.80. The van der Waals surface area contributed by atoms with E-state index >= 15 is 0 Å². The monoisotopic (exact) mass is 236 g/mol. The van der Waals surface area contributed by atoms with Gasteiger partial charge >= 0.3 is 0 Å². The minimum atomic E-state index is -0.0731. The van der Waals surface area contributed by atoms with E-state index in [9.17, 15) is 4.79 Å². The smallest absolute Gasteiger partial charge is 0.167 e. The standard InChI is InChI=1S/C13H20N2O2/c1-9(2)17-12-6-11(7-15-8-12)13(16)10(3)4-5-14/h6-10H,4-5,14H2,1-3H3. The number of nitrogens with two attached hydrogens (primary N) is 1. The van der Waals surface area contributed by atoms with E-state index in [-0.39, 0.29) is 17.8 Å². The highest BCUT2D eigenvalue weighted by Crippen LogP contribution is 2.17. The molecular formula is C13H20N2O2. The number of aromatic nitrogens is 1. The second kappa shape index (κ2) is 6.35. The van der Waals surface area contributed by atoms with Gasteiger partial charge in [-0.15, -0.1) is 0 Å². The van der Waals surface area contributed by atoms with Crippen LogP contribution >= 0.6 is 0 Å². The average Bonchev–Trinajstić information content (AvgIpc) is 2.28. The molecule has 0 spiro atoms. The zero-order chi connectivity index (χ0) is 12.8. The van der Waals surface area contributed by atoms with E-state index in [4.69, 9.17) is 10.5 Å². The van der Waals surface area contributed by atoms with Gasteiger partial charge in [0.05, 0.1) is 12.3 Å². The van der Waals surface area contributed by atoms with Crippen LogP contribution in [0.2, 0.25) is 0 Å². The van der Waals surface area contributed by atoms with E-state index in [1.807, 2.05) is 20.8 Å². The van der Waals surface area contributed by atoms with Crippen molar-refractivity contribution >= 4 is 5.78 Å². The number of ketones is 1. The summed E-state index contributed by atoms with van der Waals surface area (Å²) in [6, 6.07) is 1.74. The second-order valence-electron chi connectivity index (χ2n) is 4.42. The molecule has 0 saturated heterocycles. The Bertz CT molecular complexity index is 377. The van der Waals surface area contributed by atoms with E-state index in [0.717, 1.165) is 0 Å². The Kier molecular flexibility index (Phi) is 5.10. The number of Topliss-reactive ketones (excluding diaryl/α,β-unsaturated/α-hetero) is 1. The molecule has 0 aliphatic rings. The lowest BCUT2D eigenvalue weighted by molar-refractivity contribution is 0.0924. The van der Waals surface area contributed by atoms with Crippen LogP contribution in [0.1, 0.15) is 37.6 Å². The topological polar surface area (TPSA) is 65.2 Å². The molecule has 0 saturated carbocycles. The third-order valence-electron chi connectivity index (χ3n) is 2.42. The molecule has 0 amide bonds. The summed E-state index contributed by atoms with van der Waals surface area (Å²) in [4.78, 5) is 16.0. The highest BCUT2D eigenvalue weighted by atomic mass is 16.5. The summed E-state index contributed by atoms with van der Waals surface area (Å²) in [6.45, 7) is 6.27. The summed E-state index contributed by atoms with van der Waals surface area (Å²) in [6.07, 6.45) is 3.95. The van der Waals surface area contributed by atoms with E-state index < -0.39 is 0 Å². The van der Waals surface area contributed by atoms with Crippen molar-refractivity contribution in [2.24, 2.45) is 11.7 Å². The molecule has 1 aromatic heterocycles. The maximum atomic E-state index is 12.0. The molecule has 0 radical (unpaired) electrons. The molecule has 1 unspecified atom stereocenters. The number of carbonyl (C=O) groups is 1. The van der Waals surface area contributed by atoms with Crippen LogP contribution in [0.25, 0.3) is 0 Å². The van der Waals surface area contributed by atoms with Gasteiger partial charge in [0.1, 0.15) is 5.75 Å². The molecular weight excluding hydrogens is 216 g/mol. The van der Waals surface area contributed by atoms with E-state index in [1.165, 1.54) is 0 Å². The van der Waals surface area contributed by atoms with Gasteiger partial charge in [0, 0.05) is 17.7 Å². The average molecular weight is 236 g/mol. The molecule has 4 nitrogen and oxygen atoms in total. The first kappa shape index (κ1) is 13.6. The van der Waals surface area contributed by atoms with Crippen LogP contribution in [0.5, 0.6) is 5.75 Å². The molecule has 0 aliphatic carbocycles. The molecule has 0 fully saturated rings. The third kappa shape index (κ3) is 4.15. The van der Waals surface area contributed by atoms with Gasteiger partial charge in [-0.1, -0.05) is 6.92 Å². The van der Waals surface area contributed by atoms with Gasteiger partial charge in [0.25, 0.3) is 0 Å². The van der Waals surface area contributed by atoms with Crippen molar-refractivity contribution in [3.8, 4) is 5.75 Å². The van der Waals surface area contributed by atoms with Crippen molar-refractivity contribution < 1.29 is 9.53 Å². The van der Waals surface area contributed by atoms with Crippen LogP contribution in [0.15, 0.2) is 18.5 Å². The summed E-state index contributed by atoms with van der Waals surface area (Å²) in [5, 5.41) is 0. The van der Waals surface area contributed by atoms with Crippen LogP contribution in [0, 0.1) is 5.92 Å². The predicted molar refractivity (Wildman–Crippen MR) is 67.2 cm³/mol. The van der Waals surface area contributed by atoms with E-state index in [0.29, 0.717) is 24.3 Å². The Morgan fingerprint density at radius 3 is 2.71 bits per heavy atom. The number of hydrogen-bond acceptors (Lipinski definition) is 4. The first-order valence-electron chi connectivity index (χ1n) is 5.90. The van der Waals surface area contributed by atoms with Crippen molar-refractivity contribution in [3.05, 3.63) is 24.0 Å². The molecule has 0 bridgehead atoms. The van der Waals surface area contributed by atoms with Crippen LogP contribution in [0.4, 0.5) is 0 Å². The summed E-state index contributed by atoms with van der Waals surface area (Å²) in [5.74, 6) is 0.624. The number of pyridine rings is 1. The van der Waals surface area contributed by atoms with Gasteiger partial charge in [-0.2, -0.15) is 0 Å². The minimum absolute atomic E-state index is 0.0668. The first-order valence-corrected chi connectivity index (χ1v) is 5.90. The molecule has 1 atom stereocenters. The minimum Gasteiger partial charge on any atom is -0.489 e. The van der Waals surface area contributed by atoms with Crippen LogP contribution < -0.4 is 10.5 Å². The molecule has 94 valence electrons. The molecule has 1 rings (SSSR count). The fraction of sp³-hybridized carbons (Fsp3) is 0.538. The van der Waals surface area contributed by atoms with Crippen LogP contribution in [-0.4, -0.2) is 23.4 Å². The summed E-state index contributed by atoms with van der Waals surface area (Å²) >= 11 is 0. The normalized spacial score (nSPS) is 12.5. The van der Waals surface area contributed by atoms with E-state index in [2.05, 4.69) is 4.98 Å². The second-order valence-corrected chi connectivity index (χ2v) is 4.42.